The van der Waals surface area contributed by atoms with E-state index >= 15 is 8.78 Å². The molecule has 0 radical (unpaired) electrons. The van der Waals surface area contributed by atoms with Gasteiger partial charge in [0.2, 0.25) is 11.8 Å². The number of halogens is 11. The van der Waals surface area contributed by atoms with Crippen molar-refractivity contribution in [2.75, 3.05) is 79.5 Å². The highest BCUT2D eigenvalue weighted by molar-refractivity contribution is 6.07. The SMILES string of the molecule is CN(CCCCC(=O)NCCOCCOCCOCCNC(=O)/C=C/C(=O)c1ccccc1)Cc1c(F)cc(COc2ccc3c(c2)CCC2C3CC[C@@]3(C)C2CC[C@]32CC2OCCCOC(C(F)(F)F)(C(F)(F)F)C(F)(F)F)cc1F. The number of carbonyl (C=O) groups excluding carboxylic acids is 3. The fraction of sp³-hybridized carbons (Fsp3) is 0.610. The lowest BCUT2D eigenvalue weighted by Crippen LogP contribution is -2.67. The maximum Gasteiger partial charge on any atom is 0.435 e. The van der Waals surface area contributed by atoms with E-state index in [1.807, 2.05) is 12.1 Å². The molecule has 3 fully saturated rings. The molecule has 7 rings (SSSR count). The Kier molecular flexibility index (Phi) is 22.1. The summed E-state index contributed by atoms with van der Waals surface area (Å²) < 4.78 is 182. The number of carbonyl (C=O) groups is 3. The third kappa shape index (κ3) is 15.6. The number of fused-ring (bicyclic) bond motifs is 6. The summed E-state index contributed by atoms with van der Waals surface area (Å²) in [6.45, 7) is 3.39. The van der Waals surface area contributed by atoms with Crippen molar-refractivity contribution in [1.82, 2.24) is 15.5 Å². The number of unbranched alkanes of at least 4 members (excludes halogenated alkanes) is 1. The van der Waals surface area contributed by atoms with E-state index < -0.39 is 54.7 Å². The summed E-state index contributed by atoms with van der Waals surface area (Å²) >= 11 is 0. The summed E-state index contributed by atoms with van der Waals surface area (Å²) in [4.78, 5) is 38.0. The van der Waals surface area contributed by atoms with E-state index in [1.165, 1.54) is 29.8 Å². The van der Waals surface area contributed by atoms with Crippen molar-refractivity contribution in [3.8, 4) is 5.75 Å². The van der Waals surface area contributed by atoms with Gasteiger partial charge in [0.25, 0.3) is 0 Å². The van der Waals surface area contributed by atoms with Gasteiger partial charge in [0.1, 0.15) is 24.0 Å². The second-order valence-electron chi connectivity index (χ2n) is 21.9. The molecule has 4 unspecified atom stereocenters. The van der Waals surface area contributed by atoms with Gasteiger partial charge in [0.15, 0.2) is 5.78 Å². The number of ketones is 1. The van der Waals surface area contributed by atoms with Crippen LogP contribution in [0, 0.1) is 34.3 Å². The number of hydrogen-bond donors (Lipinski definition) is 2. The Hall–Kier alpha value is -5.20. The number of hydrogen-bond acceptors (Lipinski definition) is 10. The van der Waals surface area contributed by atoms with Gasteiger partial charge in [-0.1, -0.05) is 43.3 Å². The van der Waals surface area contributed by atoms with Crippen molar-refractivity contribution in [3.63, 3.8) is 0 Å². The predicted molar refractivity (Wildman–Crippen MR) is 279 cm³/mol. The zero-order valence-electron chi connectivity index (χ0n) is 46.0. The summed E-state index contributed by atoms with van der Waals surface area (Å²) in [5, 5.41) is 5.44. The highest BCUT2D eigenvalue weighted by Gasteiger charge is 2.85. The zero-order chi connectivity index (χ0) is 59.4. The predicted octanol–water partition coefficient (Wildman–Crippen LogP) is 11.3. The van der Waals surface area contributed by atoms with Gasteiger partial charge in [0.05, 0.1) is 52.4 Å². The highest BCUT2D eigenvalue weighted by atomic mass is 19.4. The van der Waals surface area contributed by atoms with Gasteiger partial charge < -0.3 is 44.0 Å². The summed E-state index contributed by atoms with van der Waals surface area (Å²) in [5.41, 5.74) is -3.55. The quantitative estimate of drug-likeness (QED) is 0.0278. The van der Waals surface area contributed by atoms with Gasteiger partial charge in [-0.3, -0.25) is 14.4 Å². The van der Waals surface area contributed by atoms with E-state index in [4.69, 9.17) is 23.7 Å². The molecule has 4 aliphatic rings. The molecule has 3 aromatic carbocycles. The summed E-state index contributed by atoms with van der Waals surface area (Å²) in [5.74, 6) is -0.637. The van der Waals surface area contributed by atoms with Crippen LogP contribution in [-0.4, -0.2) is 132 Å². The van der Waals surface area contributed by atoms with Crippen molar-refractivity contribution >= 4 is 17.6 Å². The molecule has 2 N–H and O–H groups in total. The summed E-state index contributed by atoms with van der Waals surface area (Å²) in [7, 11) is 1.75. The number of alkyl halides is 9. The van der Waals surface area contributed by atoms with Crippen molar-refractivity contribution in [1.29, 1.82) is 0 Å². The van der Waals surface area contributed by atoms with Gasteiger partial charge in [0, 0.05) is 55.3 Å². The molecule has 12 nitrogen and oxygen atoms in total. The molecule has 3 aromatic rings. The molecule has 0 aliphatic heterocycles. The minimum Gasteiger partial charge on any atom is -0.489 e. The first-order valence-electron chi connectivity index (χ1n) is 27.8. The Morgan fingerprint density at radius 2 is 1.37 bits per heavy atom. The molecule has 0 aromatic heterocycles. The van der Waals surface area contributed by atoms with Crippen molar-refractivity contribution in [3.05, 3.63) is 112 Å². The van der Waals surface area contributed by atoms with Crippen LogP contribution in [-0.2, 0) is 52.8 Å². The van der Waals surface area contributed by atoms with Crippen LogP contribution in [0.15, 0.2) is 72.8 Å². The zero-order valence-corrected chi connectivity index (χ0v) is 46.0. The molecule has 2 amide bonds. The Morgan fingerprint density at radius 3 is 2.02 bits per heavy atom. The molecule has 23 heteroatoms. The number of ether oxygens (including phenoxy) is 6. The first kappa shape index (κ1) is 64.4. The molecule has 454 valence electrons. The third-order valence-electron chi connectivity index (χ3n) is 16.8. The molecule has 82 heavy (non-hydrogen) atoms. The van der Waals surface area contributed by atoms with E-state index in [0.29, 0.717) is 94.1 Å². The van der Waals surface area contributed by atoms with E-state index in [-0.39, 0.29) is 79.4 Å². The molecule has 3 saturated carbocycles. The van der Waals surface area contributed by atoms with Crippen molar-refractivity contribution in [2.45, 2.75) is 127 Å². The fourth-order valence-corrected chi connectivity index (χ4v) is 12.5. The van der Waals surface area contributed by atoms with Gasteiger partial charge in [-0.25, -0.2) is 8.78 Å². The van der Waals surface area contributed by atoms with Crippen LogP contribution in [0.1, 0.15) is 110 Å². The van der Waals surface area contributed by atoms with E-state index in [2.05, 4.69) is 28.4 Å². The number of aryl methyl sites for hydroxylation is 1. The third-order valence-corrected chi connectivity index (χ3v) is 16.8. The molecule has 6 atom stereocenters. The maximum atomic E-state index is 15.4. The van der Waals surface area contributed by atoms with Gasteiger partial charge in [-0.15, -0.1) is 0 Å². The van der Waals surface area contributed by atoms with Gasteiger partial charge in [-0.05, 0) is 148 Å². The average Bonchev–Trinajstić information content (AvgIpc) is 1.74. The lowest BCUT2D eigenvalue weighted by Gasteiger charge is -2.51. The first-order chi connectivity index (χ1) is 38.9. The molecular weight excluding hydrogens is 1100 g/mol. The monoisotopic (exact) mass is 1180 g/mol. The summed E-state index contributed by atoms with van der Waals surface area (Å²) in [6.07, 6.45) is -11.5. The second-order valence-corrected chi connectivity index (χ2v) is 21.9. The second kappa shape index (κ2) is 28.1. The lowest BCUT2D eigenvalue weighted by molar-refractivity contribution is -0.457. The number of benzene rings is 3. The number of allylic oxidation sites excluding steroid dienone is 1. The fourth-order valence-electron chi connectivity index (χ4n) is 12.5. The topological polar surface area (TPSA) is 134 Å². The standard InChI is InChI=1S/C59H72F11N3O9/c1-54-20-18-44-43-15-13-42(35-41(43)12-14-45(44)47(54)19-21-55(54)36-51(55)80-25-8-26-82-56(57(62,63)64,58(65,66)67)59(68,69)70)81-38-39-33-48(60)46(49(61)34-39)37-73(2)24-7-6-11-52(75)71-22-27-77-29-31-79-32-30-78-28-23-72-53(76)17-16-50(74)40-9-4-3-5-10-40/h3-5,9-10,13,15-17,33-35,44-45,47,51H,6-8,11-12,14,18-32,36-38H2,1-2H3,(H,71,75)(H,72,76)/b17-16+/t44?,45?,47?,51?,54-,55+/m0/s1. The smallest absolute Gasteiger partial charge is 0.435 e. The number of nitrogens with one attached hydrogen (secondary N) is 2. The normalized spacial score (nSPS) is 22.5. The average molecular weight is 1180 g/mol. The van der Waals surface area contributed by atoms with Crippen molar-refractivity contribution in [2.24, 2.45) is 22.7 Å². The Bertz CT molecular complexity index is 2580. The molecule has 0 saturated heterocycles. The number of rotatable bonds is 31. The summed E-state index contributed by atoms with van der Waals surface area (Å²) in [6, 6.07) is 17.1. The van der Waals surface area contributed by atoms with Crippen LogP contribution < -0.4 is 15.4 Å². The Balaban J connectivity index is 0.729. The van der Waals surface area contributed by atoms with Crippen LogP contribution in [0.2, 0.25) is 0 Å². The van der Waals surface area contributed by atoms with Crippen LogP contribution in [0.3, 0.4) is 0 Å². The van der Waals surface area contributed by atoms with E-state index in [1.54, 1.807) is 42.3 Å². The largest absolute Gasteiger partial charge is 0.489 e. The number of nitrogens with zero attached hydrogens (tertiary/aromatic N) is 1. The van der Waals surface area contributed by atoms with E-state index in [0.717, 1.165) is 44.1 Å². The number of amides is 2. The minimum absolute atomic E-state index is 0.0292. The highest BCUT2D eigenvalue weighted by Crippen LogP contribution is 2.76. The molecular formula is C59H72F11N3O9. The molecule has 4 aliphatic carbocycles. The lowest BCUT2D eigenvalue weighted by atomic mass is 9.53. The first-order valence-corrected chi connectivity index (χ1v) is 27.8. The minimum atomic E-state index is -6.78. The molecule has 0 bridgehead atoms. The molecule has 0 heterocycles. The van der Waals surface area contributed by atoms with Gasteiger partial charge >= 0.3 is 24.1 Å². The van der Waals surface area contributed by atoms with Crippen LogP contribution in [0.25, 0.3) is 0 Å². The molecule has 1 spiro atoms. The Labute approximate surface area is 470 Å². The van der Waals surface area contributed by atoms with Crippen LogP contribution in [0.5, 0.6) is 5.75 Å². The van der Waals surface area contributed by atoms with Crippen molar-refractivity contribution < 1.29 is 91.1 Å². The van der Waals surface area contributed by atoms with Gasteiger partial charge in [-0.2, -0.15) is 39.5 Å². The van der Waals surface area contributed by atoms with Crippen LogP contribution in [0.4, 0.5) is 48.3 Å². The maximum absolute atomic E-state index is 15.4. The Morgan fingerprint density at radius 1 is 0.720 bits per heavy atom. The van der Waals surface area contributed by atoms with Crippen LogP contribution >= 0.6 is 0 Å². The van der Waals surface area contributed by atoms with E-state index in [9.17, 15) is 53.9 Å².